The van der Waals surface area contributed by atoms with E-state index in [4.69, 9.17) is 9.73 Å². The highest BCUT2D eigenvalue weighted by Gasteiger charge is 2.18. The first-order valence-corrected chi connectivity index (χ1v) is 9.77. The van der Waals surface area contributed by atoms with Crippen LogP contribution in [-0.2, 0) is 11.3 Å². The number of hydrogen-bond donors (Lipinski definition) is 2. The van der Waals surface area contributed by atoms with E-state index in [1.807, 2.05) is 12.3 Å². The number of hydrogen-bond acceptors (Lipinski definition) is 5. The molecular formula is C19H33IN6O. The largest absolute Gasteiger partial charge is 0.376 e. The lowest BCUT2D eigenvalue weighted by molar-refractivity contribution is 0.114. The number of nitrogens with zero attached hydrogens (tertiary/aromatic N) is 4. The van der Waals surface area contributed by atoms with Crippen LogP contribution in [-0.4, -0.2) is 74.9 Å². The lowest BCUT2D eigenvalue weighted by atomic mass is 10.2. The number of anilines is 1. The van der Waals surface area contributed by atoms with Gasteiger partial charge in [-0.3, -0.25) is 0 Å². The van der Waals surface area contributed by atoms with Crippen molar-refractivity contribution in [1.82, 2.24) is 20.5 Å². The first kappa shape index (κ1) is 22.2. The molecule has 3 heterocycles. The fraction of sp³-hybridized carbons (Fsp3) is 0.684. The molecule has 0 aliphatic carbocycles. The number of halogens is 1. The zero-order valence-electron chi connectivity index (χ0n) is 16.5. The summed E-state index contributed by atoms with van der Waals surface area (Å²) >= 11 is 0. The number of likely N-dealkylation sites (N-methyl/N-ethyl adjacent to an activating group) is 1. The summed E-state index contributed by atoms with van der Waals surface area (Å²) in [5, 5.41) is 6.74. The second kappa shape index (κ2) is 11.7. The first-order valence-electron chi connectivity index (χ1n) is 9.77. The molecule has 0 amide bonds. The van der Waals surface area contributed by atoms with Crippen molar-refractivity contribution in [2.75, 3.05) is 57.8 Å². The maximum atomic E-state index is 5.69. The van der Waals surface area contributed by atoms with E-state index in [2.05, 4.69) is 45.5 Å². The van der Waals surface area contributed by atoms with E-state index in [1.54, 1.807) is 0 Å². The van der Waals surface area contributed by atoms with Gasteiger partial charge >= 0.3 is 0 Å². The molecule has 1 aromatic rings. The van der Waals surface area contributed by atoms with Crippen LogP contribution in [0.25, 0.3) is 0 Å². The molecule has 2 fully saturated rings. The Morgan fingerprint density at radius 2 is 2.11 bits per heavy atom. The Balaban J connectivity index is 0.00000261. The van der Waals surface area contributed by atoms with Crippen molar-refractivity contribution < 1.29 is 4.74 Å². The third-order valence-electron chi connectivity index (χ3n) is 4.94. The highest BCUT2D eigenvalue weighted by Crippen LogP contribution is 2.19. The number of piperazine rings is 1. The Labute approximate surface area is 180 Å². The third kappa shape index (κ3) is 6.76. The van der Waals surface area contributed by atoms with Crippen LogP contribution < -0.4 is 15.5 Å². The fourth-order valence-electron chi connectivity index (χ4n) is 3.38. The molecule has 1 aromatic heterocycles. The molecule has 0 aromatic carbocycles. The molecule has 2 N–H and O–H groups in total. The van der Waals surface area contributed by atoms with Crippen molar-refractivity contribution in [2.45, 2.75) is 32.4 Å². The summed E-state index contributed by atoms with van der Waals surface area (Å²) in [6.45, 7) is 9.42. The van der Waals surface area contributed by atoms with E-state index < -0.39 is 0 Å². The number of guanidine groups is 1. The van der Waals surface area contributed by atoms with Gasteiger partial charge < -0.3 is 25.2 Å². The standard InChI is InChI=1S/C19H32N6O.HI/c1-3-20-19(23-15-17-7-5-13-26-17)22-14-16-6-4-8-21-18(16)25-11-9-24(2)10-12-25;/h4,6,8,17H,3,5,7,9-15H2,1-2H3,(H2,20,22,23);1H. The van der Waals surface area contributed by atoms with Gasteiger partial charge in [0.2, 0.25) is 0 Å². The number of aromatic nitrogens is 1. The molecule has 27 heavy (non-hydrogen) atoms. The van der Waals surface area contributed by atoms with Crippen molar-refractivity contribution in [3.05, 3.63) is 23.9 Å². The number of ether oxygens (including phenoxy) is 1. The minimum absolute atomic E-state index is 0. The van der Waals surface area contributed by atoms with E-state index in [9.17, 15) is 0 Å². The minimum Gasteiger partial charge on any atom is -0.376 e. The van der Waals surface area contributed by atoms with Crippen LogP contribution in [0.2, 0.25) is 0 Å². The van der Waals surface area contributed by atoms with Crippen LogP contribution in [0.3, 0.4) is 0 Å². The molecule has 3 rings (SSSR count). The van der Waals surface area contributed by atoms with Gasteiger partial charge in [0.15, 0.2) is 5.96 Å². The summed E-state index contributed by atoms with van der Waals surface area (Å²) in [7, 11) is 2.17. The second-order valence-corrected chi connectivity index (χ2v) is 6.99. The van der Waals surface area contributed by atoms with Crippen LogP contribution in [0.4, 0.5) is 5.82 Å². The first-order chi connectivity index (χ1) is 12.8. The summed E-state index contributed by atoms with van der Waals surface area (Å²) in [5.74, 6) is 1.91. The summed E-state index contributed by atoms with van der Waals surface area (Å²) in [4.78, 5) is 14.1. The number of pyridine rings is 1. The fourth-order valence-corrected chi connectivity index (χ4v) is 3.38. The highest BCUT2D eigenvalue weighted by atomic mass is 127. The van der Waals surface area contributed by atoms with Crippen molar-refractivity contribution in [1.29, 1.82) is 0 Å². The summed E-state index contributed by atoms with van der Waals surface area (Å²) < 4.78 is 5.69. The van der Waals surface area contributed by atoms with Gasteiger partial charge in [-0.2, -0.15) is 0 Å². The molecule has 8 heteroatoms. The Hall–Kier alpha value is -1.13. The van der Waals surface area contributed by atoms with Crippen molar-refractivity contribution in [3.63, 3.8) is 0 Å². The molecule has 2 aliphatic rings. The number of nitrogens with one attached hydrogen (secondary N) is 2. The normalized spacial score (nSPS) is 21.0. The summed E-state index contributed by atoms with van der Waals surface area (Å²) in [5.41, 5.74) is 1.17. The lowest BCUT2D eigenvalue weighted by Gasteiger charge is -2.34. The summed E-state index contributed by atoms with van der Waals surface area (Å²) in [6, 6.07) is 4.13. The van der Waals surface area contributed by atoms with Gasteiger partial charge in [-0.05, 0) is 32.9 Å². The monoisotopic (exact) mass is 488 g/mol. The van der Waals surface area contributed by atoms with Gasteiger partial charge in [0, 0.05) is 57.6 Å². The molecule has 0 radical (unpaired) electrons. The molecule has 1 atom stereocenters. The topological polar surface area (TPSA) is 65.0 Å². The van der Waals surface area contributed by atoms with Crippen molar-refractivity contribution in [2.24, 2.45) is 4.99 Å². The Morgan fingerprint density at radius 3 is 2.81 bits per heavy atom. The van der Waals surface area contributed by atoms with E-state index in [0.29, 0.717) is 12.6 Å². The van der Waals surface area contributed by atoms with Gasteiger partial charge in [-0.1, -0.05) is 6.07 Å². The molecule has 0 spiro atoms. The molecule has 2 aliphatic heterocycles. The Bertz CT molecular complexity index is 585. The van der Waals surface area contributed by atoms with Gasteiger partial charge in [0.25, 0.3) is 0 Å². The molecule has 0 bridgehead atoms. The molecule has 0 saturated carbocycles. The van der Waals surface area contributed by atoms with Gasteiger partial charge in [0.05, 0.1) is 12.6 Å². The van der Waals surface area contributed by atoms with E-state index in [0.717, 1.165) is 70.5 Å². The zero-order chi connectivity index (χ0) is 18.2. The summed E-state index contributed by atoms with van der Waals surface area (Å²) in [6.07, 6.45) is 4.46. The van der Waals surface area contributed by atoms with E-state index in [1.165, 1.54) is 5.56 Å². The van der Waals surface area contributed by atoms with Gasteiger partial charge in [0.1, 0.15) is 5.82 Å². The number of rotatable bonds is 6. The maximum absolute atomic E-state index is 5.69. The van der Waals surface area contributed by atoms with Crippen molar-refractivity contribution in [3.8, 4) is 0 Å². The number of aliphatic imine (C=N–C) groups is 1. The van der Waals surface area contributed by atoms with E-state index in [-0.39, 0.29) is 24.0 Å². The SMILES string of the molecule is CCNC(=NCc1cccnc1N1CCN(C)CC1)NCC1CCCO1.I. The van der Waals surface area contributed by atoms with Crippen LogP contribution in [0.5, 0.6) is 0 Å². The van der Waals surface area contributed by atoms with Crippen LogP contribution in [0.1, 0.15) is 25.3 Å². The smallest absolute Gasteiger partial charge is 0.191 e. The van der Waals surface area contributed by atoms with E-state index >= 15 is 0 Å². The zero-order valence-corrected chi connectivity index (χ0v) is 18.8. The molecule has 152 valence electrons. The molecule has 7 nitrogen and oxygen atoms in total. The second-order valence-electron chi connectivity index (χ2n) is 6.99. The van der Waals surface area contributed by atoms with Crippen LogP contribution in [0, 0.1) is 0 Å². The van der Waals surface area contributed by atoms with Crippen LogP contribution >= 0.6 is 24.0 Å². The Kier molecular flexibility index (Phi) is 9.57. The average molecular weight is 488 g/mol. The maximum Gasteiger partial charge on any atom is 0.191 e. The van der Waals surface area contributed by atoms with Gasteiger partial charge in [-0.15, -0.1) is 24.0 Å². The van der Waals surface area contributed by atoms with Crippen molar-refractivity contribution >= 4 is 35.8 Å². The minimum atomic E-state index is 0. The average Bonchev–Trinajstić information content (AvgIpc) is 3.19. The predicted molar refractivity (Wildman–Crippen MR) is 121 cm³/mol. The molecule has 1 unspecified atom stereocenters. The molecular weight excluding hydrogens is 455 g/mol. The van der Waals surface area contributed by atoms with Gasteiger partial charge in [-0.25, -0.2) is 9.98 Å². The third-order valence-corrected chi connectivity index (χ3v) is 4.94. The Morgan fingerprint density at radius 1 is 1.30 bits per heavy atom. The highest BCUT2D eigenvalue weighted by molar-refractivity contribution is 14.0. The quantitative estimate of drug-likeness (QED) is 0.361. The lowest BCUT2D eigenvalue weighted by Crippen LogP contribution is -2.45. The molecule has 2 saturated heterocycles. The predicted octanol–water partition coefficient (Wildman–Crippen LogP) is 1.69. The van der Waals surface area contributed by atoms with Crippen LogP contribution in [0.15, 0.2) is 23.3 Å².